The number of benzene rings is 1. The molecule has 0 unspecified atom stereocenters. The van der Waals surface area contributed by atoms with Crippen LogP contribution >= 0.6 is 0 Å². The quantitative estimate of drug-likeness (QED) is 0.711. The Morgan fingerprint density at radius 2 is 1.35 bits per heavy atom. The predicted octanol–water partition coefficient (Wildman–Crippen LogP) is 3.76. The molecule has 3 fully saturated rings. The average molecular weight is 231 g/mol. The van der Waals surface area contributed by atoms with E-state index < -0.39 is 0 Å². The van der Waals surface area contributed by atoms with Crippen molar-refractivity contribution in [2.45, 2.75) is 45.4 Å². The molecule has 0 radical (unpaired) electrons. The van der Waals surface area contributed by atoms with E-state index in [-0.39, 0.29) is 0 Å². The van der Waals surface area contributed by atoms with Crippen LogP contribution in [0.15, 0.2) is 24.3 Å². The fraction of sp³-hybridized carbons (Fsp3) is 0.625. The van der Waals surface area contributed by atoms with Gasteiger partial charge in [0.1, 0.15) is 0 Å². The van der Waals surface area contributed by atoms with Crippen LogP contribution < -0.4 is 0 Å². The van der Waals surface area contributed by atoms with Crippen LogP contribution in [0.5, 0.6) is 0 Å². The molecule has 3 aliphatic heterocycles. The summed E-state index contributed by atoms with van der Waals surface area (Å²) >= 11 is 0. The molecule has 0 aliphatic carbocycles. The Morgan fingerprint density at radius 1 is 0.882 bits per heavy atom. The van der Waals surface area contributed by atoms with Crippen molar-refractivity contribution in [2.24, 2.45) is 0 Å². The lowest BCUT2D eigenvalue weighted by molar-refractivity contribution is 0.0818. The molecule has 0 amide bonds. The van der Waals surface area contributed by atoms with Crippen LogP contribution in [-0.2, 0) is 5.41 Å². The summed E-state index contributed by atoms with van der Waals surface area (Å²) in [4.78, 5) is 2.61. The molecule has 0 atom stereocenters. The maximum absolute atomic E-state index is 2.61. The SMILES string of the molecule is CC.Cc1ccc(C23CCN(CC2)CC3)cc1. The van der Waals surface area contributed by atoms with E-state index in [0.29, 0.717) is 5.41 Å². The zero-order chi connectivity index (χ0) is 12.3. The first-order valence-corrected chi connectivity index (χ1v) is 7.08. The van der Waals surface area contributed by atoms with E-state index in [9.17, 15) is 0 Å². The Bertz CT molecular complexity index is 331. The van der Waals surface area contributed by atoms with Crippen molar-refractivity contribution in [1.29, 1.82) is 0 Å². The third-order valence-electron chi connectivity index (χ3n) is 4.38. The largest absolute Gasteiger partial charge is 0.303 e. The third-order valence-corrected chi connectivity index (χ3v) is 4.38. The van der Waals surface area contributed by atoms with Crippen molar-refractivity contribution in [3.63, 3.8) is 0 Å². The smallest absolute Gasteiger partial charge is 0.00102 e. The van der Waals surface area contributed by atoms with Gasteiger partial charge >= 0.3 is 0 Å². The molecule has 1 aromatic rings. The minimum Gasteiger partial charge on any atom is -0.303 e. The van der Waals surface area contributed by atoms with Crippen molar-refractivity contribution >= 4 is 0 Å². The minimum atomic E-state index is 0.530. The molecule has 94 valence electrons. The average Bonchev–Trinajstić information content (AvgIpc) is 2.44. The molecule has 3 heterocycles. The second-order valence-corrected chi connectivity index (χ2v) is 5.24. The van der Waals surface area contributed by atoms with Gasteiger partial charge in [0, 0.05) is 0 Å². The van der Waals surface area contributed by atoms with Gasteiger partial charge in [-0.3, -0.25) is 0 Å². The Morgan fingerprint density at radius 3 is 1.82 bits per heavy atom. The van der Waals surface area contributed by atoms with E-state index in [4.69, 9.17) is 0 Å². The third kappa shape index (κ3) is 2.40. The highest BCUT2D eigenvalue weighted by atomic mass is 15.1. The molecule has 1 nitrogen and oxygen atoms in total. The van der Waals surface area contributed by atoms with Crippen LogP contribution in [0, 0.1) is 6.92 Å². The van der Waals surface area contributed by atoms with Crippen molar-refractivity contribution < 1.29 is 0 Å². The van der Waals surface area contributed by atoms with Gasteiger partial charge in [-0.2, -0.15) is 0 Å². The second-order valence-electron chi connectivity index (χ2n) is 5.24. The zero-order valence-corrected chi connectivity index (χ0v) is 11.5. The van der Waals surface area contributed by atoms with Gasteiger partial charge in [-0.15, -0.1) is 0 Å². The van der Waals surface area contributed by atoms with E-state index in [0.717, 1.165) is 0 Å². The fourth-order valence-corrected chi connectivity index (χ4v) is 3.17. The summed E-state index contributed by atoms with van der Waals surface area (Å²) in [7, 11) is 0. The molecule has 4 rings (SSSR count). The van der Waals surface area contributed by atoms with Crippen molar-refractivity contribution in [3.05, 3.63) is 35.4 Å². The summed E-state index contributed by atoms with van der Waals surface area (Å²) in [5.74, 6) is 0. The summed E-state index contributed by atoms with van der Waals surface area (Å²) in [5.41, 5.74) is 3.50. The van der Waals surface area contributed by atoms with Crippen LogP contribution in [-0.4, -0.2) is 24.5 Å². The summed E-state index contributed by atoms with van der Waals surface area (Å²) in [5, 5.41) is 0. The summed E-state index contributed by atoms with van der Waals surface area (Å²) in [6, 6.07) is 9.25. The Kier molecular flexibility index (Phi) is 3.88. The van der Waals surface area contributed by atoms with E-state index in [1.165, 1.54) is 44.5 Å². The molecule has 2 bridgehead atoms. The second kappa shape index (κ2) is 5.22. The van der Waals surface area contributed by atoms with Gasteiger partial charge in [-0.1, -0.05) is 43.7 Å². The van der Waals surface area contributed by atoms with E-state index in [1.54, 1.807) is 5.56 Å². The van der Waals surface area contributed by atoms with Crippen LogP contribution in [0.4, 0.5) is 0 Å². The molecule has 3 saturated heterocycles. The first-order chi connectivity index (χ1) is 8.28. The van der Waals surface area contributed by atoms with Gasteiger partial charge in [-0.25, -0.2) is 0 Å². The lowest BCUT2D eigenvalue weighted by atomic mass is 9.67. The van der Waals surface area contributed by atoms with Gasteiger partial charge in [0.2, 0.25) is 0 Å². The molecule has 1 heteroatoms. The van der Waals surface area contributed by atoms with Crippen LogP contribution in [0.3, 0.4) is 0 Å². The highest BCUT2D eigenvalue weighted by Crippen LogP contribution is 2.42. The van der Waals surface area contributed by atoms with Gasteiger partial charge in [0.25, 0.3) is 0 Å². The molecule has 0 saturated carbocycles. The van der Waals surface area contributed by atoms with Crippen LogP contribution in [0.2, 0.25) is 0 Å². The first-order valence-electron chi connectivity index (χ1n) is 7.08. The zero-order valence-electron chi connectivity index (χ0n) is 11.5. The van der Waals surface area contributed by atoms with E-state index in [2.05, 4.69) is 36.1 Å². The molecule has 0 aromatic heterocycles. The molecule has 17 heavy (non-hydrogen) atoms. The molecule has 0 spiro atoms. The molecule has 3 aliphatic rings. The lowest BCUT2D eigenvalue weighted by Gasteiger charge is -2.48. The number of piperidine rings is 3. The Labute approximate surface area is 106 Å². The number of rotatable bonds is 1. The topological polar surface area (TPSA) is 3.24 Å². The Hall–Kier alpha value is -0.820. The minimum absolute atomic E-state index is 0.530. The molecular formula is C16H25N. The summed E-state index contributed by atoms with van der Waals surface area (Å²) in [6.07, 6.45) is 4.11. The maximum Gasteiger partial charge on any atom is -0.00102 e. The highest BCUT2D eigenvalue weighted by Gasteiger charge is 2.40. The van der Waals surface area contributed by atoms with Crippen molar-refractivity contribution in [2.75, 3.05) is 19.6 Å². The molecule has 0 N–H and O–H groups in total. The van der Waals surface area contributed by atoms with Crippen molar-refractivity contribution in [3.8, 4) is 0 Å². The van der Waals surface area contributed by atoms with Gasteiger partial charge in [-0.05, 0) is 56.8 Å². The van der Waals surface area contributed by atoms with Crippen molar-refractivity contribution in [1.82, 2.24) is 4.90 Å². The predicted molar refractivity (Wildman–Crippen MR) is 74.5 cm³/mol. The Balaban J connectivity index is 0.000000514. The number of hydrogen-bond acceptors (Lipinski definition) is 1. The molecule has 1 aromatic carbocycles. The van der Waals surface area contributed by atoms with E-state index >= 15 is 0 Å². The standard InChI is InChI=1S/C14H19N.C2H6/c1-12-2-4-13(5-3-12)14-6-9-15(10-7-14)11-8-14;1-2/h2-5H,6-11H2,1H3;1-2H3. The van der Waals surface area contributed by atoms with Crippen LogP contribution in [0.25, 0.3) is 0 Å². The van der Waals surface area contributed by atoms with Gasteiger partial charge in [0.15, 0.2) is 0 Å². The normalized spacial score (nSPS) is 30.6. The summed E-state index contributed by atoms with van der Waals surface area (Å²) in [6.45, 7) is 10.1. The van der Waals surface area contributed by atoms with Gasteiger partial charge in [0.05, 0.1) is 0 Å². The number of fused-ring (bicyclic) bond motifs is 3. The number of aryl methyl sites for hydroxylation is 1. The number of nitrogens with zero attached hydrogens (tertiary/aromatic N) is 1. The highest BCUT2D eigenvalue weighted by molar-refractivity contribution is 5.30. The fourth-order valence-electron chi connectivity index (χ4n) is 3.17. The van der Waals surface area contributed by atoms with E-state index in [1.807, 2.05) is 13.8 Å². The molecular weight excluding hydrogens is 206 g/mol. The maximum atomic E-state index is 2.61. The van der Waals surface area contributed by atoms with Gasteiger partial charge < -0.3 is 4.90 Å². The first kappa shape index (κ1) is 12.6. The monoisotopic (exact) mass is 231 g/mol. The number of hydrogen-bond donors (Lipinski definition) is 0. The summed E-state index contributed by atoms with van der Waals surface area (Å²) < 4.78 is 0. The van der Waals surface area contributed by atoms with Crippen LogP contribution in [0.1, 0.15) is 44.2 Å². The lowest BCUT2D eigenvalue weighted by Crippen LogP contribution is -2.50.